The van der Waals surface area contributed by atoms with Crippen LogP contribution in [0.15, 0.2) is 36.4 Å². The van der Waals surface area contributed by atoms with Gasteiger partial charge in [0.1, 0.15) is 0 Å². The maximum Gasteiger partial charge on any atom is 0.0598 e. The highest BCUT2D eigenvalue weighted by atomic mass is 35.5. The van der Waals surface area contributed by atoms with Gasteiger partial charge >= 0.3 is 0 Å². The second kappa shape index (κ2) is 6.40. The molecule has 0 aliphatic carbocycles. The van der Waals surface area contributed by atoms with Crippen molar-refractivity contribution >= 4 is 23.0 Å². The molecule has 0 aliphatic heterocycles. The minimum atomic E-state index is 0.224. The molecule has 112 valence electrons. The maximum absolute atomic E-state index is 6.15. The van der Waals surface area contributed by atoms with E-state index in [0.717, 1.165) is 16.4 Å². The van der Waals surface area contributed by atoms with Crippen LogP contribution in [0, 0.1) is 13.8 Å². The van der Waals surface area contributed by atoms with Crippen LogP contribution < -0.4 is 10.2 Å². The van der Waals surface area contributed by atoms with Crippen LogP contribution in [0.3, 0.4) is 0 Å². The van der Waals surface area contributed by atoms with Gasteiger partial charge in [-0.05, 0) is 50.1 Å². The molecule has 2 rings (SSSR count). The summed E-state index contributed by atoms with van der Waals surface area (Å²) in [5, 5.41) is 4.34. The standard InChI is InChI=1S/C18H23ClN2/c1-12-6-7-13(2)16(10-12)14(3)20-17-11-15(19)8-9-18(17)21(4)5/h6-11,14,20H,1-5H3. The van der Waals surface area contributed by atoms with Crippen molar-refractivity contribution in [2.24, 2.45) is 0 Å². The van der Waals surface area contributed by atoms with Crippen molar-refractivity contribution in [1.29, 1.82) is 0 Å². The van der Waals surface area contributed by atoms with Crippen LogP contribution in [-0.4, -0.2) is 14.1 Å². The Morgan fingerprint density at radius 2 is 1.76 bits per heavy atom. The third-order valence-corrected chi connectivity index (χ3v) is 3.95. The number of hydrogen-bond acceptors (Lipinski definition) is 2. The predicted octanol–water partition coefficient (Wildman–Crippen LogP) is 5.20. The third kappa shape index (κ3) is 3.70. The zero-order valence-corrected chi connectivity index (χ0v) is 14.1. The van der Waals surface area contributed by atoms with Crippen LogP contribution in [0.2, 0.25) is 5.02 Å². The van der Waals surface area contributed by atoms with E-state index in [9.17, 15) is 0 Å². The molecule has 0 saturated heterocycles. The van der Waals surface area contributed by atoms with Crippen LogP contribution in [0.4, 0.5) is 11.4 Å². The molecule has 21 heavy (non-hydrogen) atoms. The summed E-state index contributed by atoms with van der Waals surface area (Å²) in [4.78, 5) is 2.09. The number of aryl methyl sites for hydroxylation is 2. The van der Waals surface area contributed by atoms with E-state index >= 15 is 0 Å². The minimum absolute atomic E-state index is 0.224. The Hall–Kier alpha value is -1.67. The largest absolute Gasteiger partial charge is 0.377 e. The van der Waals surface area contributed by atoms with E-state index in [0.29, 0.717) is 0 Å². The van der Waals surface area contributed by atoms with E-state index in [2.05, 4.69) is 49.2 Å². The molecule has 2 aromatic rings. The van der Waals surface area contributed by atoms with Crippen molar-refractivity contribution in [1.82, 2.24) is 0 Å². The number of rotatable bonds is 4. The number of benzene rings is 2. The first-order valence-corrected chi connectivity index (χ1v) is 7.57. The van der Waals surface area contributed by atoms with Crippen LogP contribution >= 0.6 is 11.6 Å². The molecule has 0 fully saturated rings. The number of halogens is 1. The highest BCUT2D eigenvalue weighted by Gasteiger charge is 2.12. The van der Waals surface area contributed by atoms with Gasteiger partial charge in [-0.2, -0.15) is 0 Å². The first-order chi connectivity index (χ1) is 9.88. The molecule has 0 aromatic heterocycles. The maximum atomic E-state index is 6.15. The highest BCUT2D eigenvalue weighted by molar-refractivity contribution is 6.31. The molecule has 3 heteroatoms. The van der Waals surface area contributed by atoms with E-state index in [1.165, 1.54) is 16.7 Å². The normalized spacial score (nSPS) is 12.1. The molecule has 0 saturated carbocycles. The molecular formula is C18H23ClN2. The van der Waals surface area contributed by atoms with Crippen molar-refractivity contribution in [3.05, 3.63) is 58.1 Å². The van der Waals surface area contributed by atoms with Gasteiger partial charge in [0, 0.05) is 25.2 Å². The molecule has 0 radical (unpaired) electrons. The summed E-state index contributed by atoms with van der Waals surface area (Å²) in [5.74, 6) is 0. The molecule has 1 atom stereocenters. The van der Waals surface area contributed by atoms with Gasteiger partial charge in [-0.3, -0.25) is 0 Å². The Labute approximate surface area is 132 Å². The monoisotopic (exact) mass is 302 g/mol. The van der Waals surface area contributed by atoms with E-state index in [1.807, 2.05) is 32.3 Å². The number of hydrogen-bond donors (Lipinski definition) is 1. The average Bonchev–Trinajstić information content (AvgIpc) is 2.41. The summed E-state index contributed by atoms with van der Waals surface area (Å²) in [6.07, 6.45) is 0. The first-order valence-electron chi connectivity index (χ1n) is 7.19. The summed E-state index contributed by atoms with van der Waals surface area (Å²) in [6.45, 7) is 6.46. The van der Waals surface area contributed by atoms with Gasteiger partial charge in [-0.15, -0.1) is 0 Å². The molecule has 0 bridgehead atoms. The third-order valence-electron chi connectivity index (χ3n) is 3.71. The van der Waals surface area contributed by atoms with Crippen LogP contribution in [0.25, 0.3) is 0 Å². The van der Waals surface area contributed by atoms with Crippen molar-refractivity contribution in [3.63, 3.8) is 0 Å². The smallest absolute Gasteiger partial charge is 0.0598 e. The topological polar surface area (TPSA) is 15.3 Å². The van der Waals surface area contributed by atoms with E-state index in [4.69, 9.17) is 11.6 Å². The van der Waals surface area contributed by atoms with Crippen LogP contribution in [0.5, 0.6) is 0 Å². The van der Waals surface area contributed by atoms with Gasteiger partial charge in [-0.25, -0.2) is 0 Å². The molecule has 2 nitrogen and oxygen atoms in total. The lowest BCUT2D eigenvalue weighted by molar-refractivity contribution is 0.870. The number of anilines is 2. The Bertz CT molecular complexity index is 635. The fourth-order valence-corrected chi connectivity index (χ4v) is 2.72. The van der Waals surface area contributed by atoms with Gasteiger partial charge in [-0.1, -0.05) is 35.4 Å². The Morgan fingerprint density at radius 3 is 2.43 bits per heavy atom. The highest BCUT2D eigenvalue weighted by Crippen LogP contribution is 2.31. The quantitative estimate of drug-likeness (QED) is 0.835. The molecule has 1 N–H and O–H groups in total. The van der Waals surface area contributed by atoms with Crippen LogP contribution in [0.1, 0.15) is 29.7 Å². The van der Waals surface area contributed by atoms with E-state index in [1.54, 1.807) is 0 Å². The molecule has 0 amide bonds. The molecule has 0 aliphatic rings. The van der Waals surface area contributed by atoms with Crippen molar-refractivity contribution in [2.75, 3.05) is 24.3 Å². The van der Waals surface area contributed by atoms with Crippen molar-refractivity contribution in [3.8, 4) is 0 Å². The predicted molar refractivity (Wildman–Crippen MR) is 93.7 cm³/mol. The SMILES string of the molecule is Cc1ccc(C)c(C(C)Nc2cc(Cl)ccc2N(C)C)c1. The summed E-state index contributed by atoms with van der Waals surface area (Å²) < 4.78 is 0. The molecule has 1 unspecified atom stereocenters. The Balaban J connectivity index is 2.33. The fraction of sp³-hybridized carbons (Fsp3) is 0.333. The van der Waals surface area contributed by atoms with Gasteiger partial charge in [0.15, 0.2) is 0 Å². The van der Waals surface area contributed by atoms with E-state index in [-0.39, 0.29) is 6.04 Å². The second-order valence-electron chi connectivity index (χ2n) is 5.78. The number of nitrogens with one attached hydrogen (secondary N) is 1. The van der Waals surface area contributed by atoms with Gasteiger partial charge < -0.3 is 10.2 Å². The van der Waals surface area contributed by atoms with Crippen LogP contribution in [-0.2, 0) is 0 Å². The lowest BCUT2D eigenvalue weighted by Gasteiger charge is -2.23. The van der Waals surface area contributed by atoms with Crippen molar-refractivity contribution < 1.29 is 0 Å². The number of nitrogens with zero attached hydrogens (tertiary/aromatic N) is 1. The van der Waals surface area contributed by atoms with E-state index < -0.39 is 0 Å². The summed E-state index contributed by atoms with van der Waals surface area (Å²) in [6, 6.07) is 12.7. The van der Waals surface area contributed by atoms with Gasteiger partial charge in [0.05, 0.1) is 11.4 Å². The first kappa shape index (κ1) is 15.7. The Morgan fingerprint density at radius 1 is 1.05 bits per heavy atom. The van der Waals surface area contributed by atoms with Gasteiger partial charge in [0.2, 0.25) is 0 Å². The Kier molecular flexibility index (Phi) is 4.79. The summed E-state index contributed by atoms with van der Waals surface area (Å²) in [7, 11) is 4.08. The average molecular weight is 303 g/mol. The summed E-state index contributed by atoms with van der Waals surface area (Å²) in [5.41, 5.74) is 6.09. The fourth-order valence-electron chi connectivity index (χ4n) is 2.55. The molecule has 0 heterocycles. The lowest BCUT2D eigenvalue weighted by atomic mass is 9.99. The van der Waals surface area contributed by atoms with Gasteiger partial charge in [0.25, 0.3) is 0 Å². The zero-order chi connectivity index (χ0) is 15.6. The molecular weight excluding hydrogens is 280 g/mol. The lowest BCUT2D eigenvalue weighted by Crippen LogP contribution is -2.14. The zero-order valence-electron chi connectivity index (χ0n) is 13.4. The summed E-state index contributed by atoms with van der Waals surface area (Å²) >= 11 is 6.15. The van der Waals surface area contributed by atoms with Crippen molar-refractivity contribution in [2.45, 2.75) is 26.8 Å². The minimum Gasteiger partial charge on any atom is -0.377 e. The molecule has 2 aromatic carbocycles. The second-order valence-corrected chi connectivity index (χ2v) is 6.22. The molecule has 0 spiro atoms.